The van der Waals surface area contributed by atoms with Gasteiger partial charge >= 0.3 is 0 Å². The summed E-state index contributed by atoms with van der Waals surface area (Å²) in [5.74, 6) is -0.566. The van der Waals surface area contributed by atoms with Crippen LogP contribution in [0.1, 0.15) is 113 Å². The van der Waals surface area contributed by atoms with Crippen molar-refractivity contribution < 1.29 is 114 Å². The minimum atomic E-state index is -1.82. The Morgan fingerprint density at radius 1 is 0.584 bits per heavy atom. The lowest BCUT2D eigenvalue weighted by Gasteiger charge is -2.71. The van der Waals surface area contributed by atoms with Crippen LogP contribution in [0, 0.1) is 45.3 Å². The molecule has 0 amide bonds. The third kappa shape index (κ3) is 10.9. The van der Waals surface area contributed by atoms with Crippen molar-refractivity contribution in [1.82, 2.24) is 0 Å². The predicted molar refractivity (Wildman–Crippen MR) is 266 cm³/mol. The molecule has 0 radical (unpaired) electrons. The Bertz CT molecular complexity index is 2000. The lowest BCUT2D eigenvalue weighted by atomic mass is 9.35. The molecule has 77 heavy (non-hydrogen) atoms. The summed E-state index contributed by atoms with van der Waals surface area (Å²) < 4.78 is 49.0. The lowest BCUT2D eigenvalue weighted by Crippen LogP contribution is -2.68. The first kappa shape index (κ1) is 61.9. The van der Waals surface area contributed by atoms with Gasteiger partial charge in [-0.15, -0.1) is 0 Å². The number of rotatable bonds is 16. The Hall–Kier alpha value is -1.18. The summed E-state index contributed by atoms with van der Waals surface area (Å²) in [6.45, 7) is 14.4. The van der Waals surface area contributed by atoms with Crippen LogP contribution < -0.4 is 0 Å². The number of fused-ring (bicyclic) bond motifs is 5. The Morgan fingerprint density at radius 2 is 1.14 bits per heavy atom. The van der Waals surface area contributed by atoms with Crippen LogP contribution in [0.25, 0.3) is 0 Å². The normalized spacial score (nSPS) is 53.0. The van der Waals surface area contributed by atoms with Crippen molar-refractivity contribution in [2.75, 3.05) is 26.4 Å². The van der Waals surface area contributed by atoms with Gasteiger partial charge in [0.25, 0.3) is 0 Å². The smallest absolute Gasteiger partial charge is 0.187 e. The Labute approximate surface area is 450 Å². The van der Waals surface area contributed by atoms with Gasteiger partial charge in [0.1, 0.15) is 91.6 Å². The van der Waals surface area contributed by atoms with Gasteiger partial charge in [0.2, 0.25) is 0 Å². The van der Waals surface area contributed by atoms with E-state index in [1.165, 1.54) is 6.92 Å². The summed E-state index contributed by atoms with van der Waals surface area (Å²) in [6, 6.07) is 0. The topological polar surface area (TPSA) is 377 Å². The molecule has 4 saturated carbocycles. The number of aliphatic hydroxyl groups is 15. The second-order valence-corrected chi connectivity index (χ2v) is 25.7. The van der Waals surface area contributed by atoms with Crippen molar-refractivity contribution in [3.8, 4) is 0 Å². The minimum absolute atomic E-state index is 0.0233. The predicted octanol–water partition coefficient (Wildman–Crippen LogP) is -2.20. The van der Waals surface area contributed by atoms with E-state index in [-0.39, 0.29) is 41.1 Å². The van der Waals surface area contributed by atoms with Gasteiger partial charge in [-0.3, -0.25) is 0 Å². The number of aliphatic hydroxyl groups excluding tert-OH is 15. The maximum atomic E-state index is 12.8. The minimum Gasteiger partial charge on any atom is -0.394 e. The zero-order valence-electron chi connectivity index (χ0n) is 45.8. The molecule has 15 N–H and O–H groups in total. The highest BCUT2D eigenvalue weighted by Crippen LogP contribution is 2.76. The molecular weight excluding hydrogens is 1020 g/mol. The summed E-state index contributed by atoms with van der Waals surface area (Å²) >= 11 is 0. The molecule has 446 valence electrons. The largest absolute Gasteiger partial charge is 0.394 e. The molecule has 8 fully saturated rings. The molecule has 4 aliphatic heterocycles. The van der Waals surface area contributed by atoms with Gasteiger partial charge in [-0.1, -0.05) is 46.3 Å². The molecule has 30 atom stereocenters. The fourth-order valence-electron chi connectivity index (χ4n) is 16.2. The van der Waals surface area contributed by atoms with E-state index in [9.17, 15) is 76.6 Å². The van der Waals surface area contributed by atoms with Crippen molar-refractivity contribution in [2.45, 2.75) is 254 Å². The molecule has 0 bridgehead atoms. The van der Waals surface area contributed by atoms with E-state index in [4.69, 9.17) is 37.9 Å². The third-order valence-corrected chi connectivity index (χ3v) is 21.0. The standard InChI is InChI=1S/C54H92O23/c1-23(19-55)10-9-14-54(8,77-48-44(69)40(65)37(62)29(74-48)22-70-46-42(67)38(63)34(59)24(2)71-46)25-11-16-53(7)33(25)26(58)18-31-51(5)15-13-32(50(3,4)30(51)12-17-52(31,53)6)75-49-45(41(66)36(61)28(21-57)73-49)76-47-43(68)39(64)35(60)27(20-56)72-47/h10,24-49,55-69H,9,11-22H2,1-8H3. The molecule has 30 unspecified atom stereocenters. The van der Waals surface area contributed by atoms with Crippen molar-refractivity contribution in [1.29, 1.82) is 0 Å². The monoisotopic (exact) mass is 1110 g/mol. The number of hydrogen-bond donors (Lipinski definition) is 15. The van der Waals surface area contributed by atoms with Gasteiger partial charge in [0.05, 0.1) is 50.3 Å². The summed E-state index contributed by atoms with van der Waals surface area (Å²) in [5, 5.41) is 162. The number of allylic oxidation sites excluding steroid dienone is 1. The number of ether oxygens (including phenoxy) is 8. The van der Waals surface area contributed by atoms with Gasteiger partial charge in [-0.2, -0.15) is 0 Å². The van der Waals surface area contributed by atoms with E-state index in [2.05, 4.69) is 34.6 Å². The molecule has 0 aromatic rings. The van der Waals surface area contributed by atoms with E-state index in [0.29, 0.717) is 38.5 Å². The Morgan fingerprint density at radius 3 is 1.78 bits per heavy atom. The van der Waals surface area contributed by atoms with Crippen molar-refractivity contribution in [2.24, 2.45) is 45.3 Å². The van der Waals surface area contributed by atoms with Crippen LogP contribution in [0.5, 0.6) is 0 Å². The molecule has 4 aliphatic carbocycles. The van der Waals surface area contributed by atoms with Gasteiger partial charge in [0.15, 0.2) is 25.2 Å². The van der Waals surface area contributed by atoms with Crippen molar-refractivity contribution in [3.05, 3.63) is 11.6 Å². The number of hydrogen-bond acceptors (Lipinski definition) is 23. The van der Waals surface area contributed by atoms with Gasteiger partial charge in [-0.05, 0) is 124 Å². The van der Waals surface area contributed by atoms with E-state index >= 15 is 0 Å². The Balaban J connectivity index is 1.02. The first-order valence-corrected chi connectivity index (χ1v) is 27.9. The van der Waals surface area contributed by atoms with Crippen LogP contribution in [0.2, 0.25) is 0 Å². The molecular formula is C54H92O23. The first-order chi connectivity index (χ1) is 36.0. The molecule has 0 aromatic carbocycles. The van der Waals surface area contributed by atoms with Gasteiger partial charge in [-0.25, -0.2) is 0 Å². The maximum Gasteiger partial charge on any atom is 0.187 e. The van der Waals surface area contributed by atoms with Crippen LogP contribution in [0.15, 0.2) is 11.6 Å². The highest BCUT2D eigenvalue weighted by molar-refractivity contribution is 5.21. The summed E-state index contributed by atoms with van der Waals surface area (Å²) in [4.78, 5) is 0. The van der Waals surface area contributed by atoms with E-state index in [0.717, 1.165) is 24.8 Å². The van der Waals surface area contributed by atoms with Crippen LogP contribution >= 0.6 is 0 Å². The van der Waals surface area contributed by atoms with Crippen LogP contribution in [-0.4, -0.2) is 244 Å². The van der Waals surface area contributed by atoms with E-state index in [1.807, 2.05) is 19.9 Å². The second kappa shape index (κ2) is 23.5. The molecule has 4 heterocycles. The SMILES string of the molecule is CC(=CCCC(C)(OC1OC(COC2OC(C)C(O)C(O)C2O)C(O)C(O)C1O)C1CCC2(C)C1C(O)CC1C3(C)CCC(OC4OC(CO)C(O)C(O)C4OC4OC(CO)C(O)C(O)C4O)C(C)(C)C3CCC12C)CO. The summed E-state index contributed by atoms with van der Waals surface area (Å²) in [7, 11) is 0. The highest BCUT2D eigenvalue weighted by atomic mass is 16.8. The van der Waals surface area contributed by atoms with Crippen molar-refractivity contribution in [3.63, 3.8) is 0 Å². The zero-order valence-corrected chi connectivity index (χ0v) is 45.8. The maximum absolute atomic E-state index is 12.8. The molecule has 8 rings (SSSR count). The van der Waals surface area contributed by atoms with Crippen LogP contribution in [-0.2, 0) is 37.9 Å². The molecule has 8 aliphatic rings. The molecule has 4 saturated heterocycles. The van der Waals surface area contributed by atoms with Crippen LogP contribution in [0.4, 0.5) is 0 Å². The van der Waals surface area contributed by atoms with Gasteiger partial charge < -0.3 is 114 Å². The second-order valence-electron chi connectivity index (χ2n) is 25.7. The van der Waals surface area contributed by atoms with Crippen LogP contribution in [0.3, 0.4) is 0 Å². The molecule has 0 aromatic heterocycles. The molecule has 23 nitrogen and oxygen atoms in total. The Kier molecular flexibility index (Phi) is 18.9. The molecule has 0 spiro atoms. The van der Waals surface area contributed by atoms with E-state index in [1.54, 1.807) is 0 Å². The van der Waals surface area contributed by atoms with Crippen molar-refractivity contribution >= 4 is 0 Å². The van der Waals surface area contributed by atoms with E-state index < -0.39 is 171 Å². The highest BCUT2D eigenvalue weighted by Gasteiger charge is 2.72. The third-order valence-electron chi connectivity index (χ3n) is 21.0. The summed E-state index contributed by atoms with van der Waals surface area (Å²) in [6.07, 6.45) is -24.7. The fraction of sp³-hybridized carbons (Fsp3) is 0.963. The van der Waals surface area contributed by atoms with Gasteiger partial charge in [0, 0.05) is 0 Å². The average Bonchev–Trinajstić information content (AvgIpc) is 3.92. The zero-order chi connectivity index (χ0) is 56.6. The molecule has 23 heteroatoms. The lowest BCUT2D eigenvalue weighted by molar-refractivity contribution is -0.378. The first-order valence-electron chi connectivity index (χ1n) is 27.9. The quantitative estimate of drug-likeness (QED) is 0.0576. The average molecular weight is 1110 g/mol. The fourth-order valence-corrected chi connectivity index (χ4v) is 16.2. The summed E-state index contributed by atoms with van der Waals surface area (Å²) in [5.41, 5.74) is -2.05.